The van der Waals surface area contributed by atoms with Crippen molar-refractivity contribution in [1.82, 2.24) is 20.1 Å². The molecule has 1 atom stereocenters. The third kappa shape index (κ3) is 7.17. The molecule has 0 saturated heterocycles. The SMILES string of the molecule is Cn1cc2cc(C(=O)N[C@@H](Cc3ccc(OCCCc4ccc5c(n4)CCCC5)cc3)C(=O)O)ccc2n1.S. The van der Waals surface area contributed by atoms with Crippen LogP contribution in [0.25, 0.3) is 10.9 Å². The fourth-order valence-corrected chi connectivity index (χ4v) is 4.90. The van der Waals surface area contributed by atoms with E-state index in [9.17, 15) is 14.7 Å². The van der Waals surface area contributed by atoms with Crippen LogP contribution in [0.2, 0.25) is 0 Å². The van der Waals surface area contributed by atoms with E-state index in [0.717, 1.165) is 53.6 Å². The van der Waals surface area contributed by atoms with Gasteiger partial charge in [0, 0.05) is 42.0 Å². The molecule has 5 rings (SSSR count). The summed E-state index contributed by atoms with van der Waals surface area (Å²) in [5, 5.41) is 17.5. The summed E-state index contributed by atoms with van der Waals surface area (Å²) in [6.45, 7) is 0.577. The Hall–Kier alpha value is -3.85. The van der Waals surface area contributed by atoms with Gasteiger partial charge in [0.25, 0.3) is 5.91 Å². The van der Waals surface area contributed by atoms with Crippen LogP contribution in [0.15, 0.2) is 60.8 Å². The normalized spacial score (nSPS) is 13.3. The number of fused-ring (bicyclic) bond motifs is 2. The third-order valence-electron chi connectivity index (χ3n) is 6.93. The number of carbonyl (C=O) groups excluding carboxylic acids is 1. The van der Waals surface area contributed by atoms with Crippen molar-refractivity contribution in [2.75, 3.05) is 6.61 Å². The molecule has 2 heterocycles. The largest absolute Gasteiger partial charge is 0.494 e. The van der Waals surface area contributed by atoms with Gasteiger partial charge >= 0.3 is 5.97 Å². The molecule has 9 heteroatoms. The Balaban J connectivity index is 0.00000353. The molecule has 0 spiro atoms. The van der Waals surface area contributed by atoms with Crippen molar-refractivity contribution in [3.05, 3.63) is 88.9 Å². The van der Waals surface area contributed by atoms with E-state index >= 15 is 0 Å². The van der Waals surface area contributed by atoms with E-state index < -0.39 is 17.9 Å². The minimum atomic E-state index is -1.09. The molecule has 1 aliphatic carbocycles. The summed E-state index contributed by atoms with van der Waals surface area (Å²) in [5.74, 6) is -0.790. The monoisotopic (exact) mass is 546 g/mol. The molecule has 1 amide bonds. The molecule has 0 aliphatic heterocycles. The number of ether oxygens (including phenoxy) is 1. The van der Waals surface area contributed by atoms with Crippen molar-refractivity contribution >= 4 is 36.3 Å². The van der Waals surface area contributed by atoms with Gasteiger partial charge in [-0.05, 0) is 86.1 Å². The summed E-state index contributed by atoms with van der Waals surface area (Å²) < 4.78 is 7.56. The number of aromatic nitrogens is 3. The predicted octanol–water partition coefficient (Wildman–Crippen LogP) is 4.40. The molecule has 39 heavy (non-hydrogen) atoms. The van der Waals surface area contributed by atoms with Crippen LogP contribution in [0, 0.1) is 0 Å². The number of carboxylic acids is 1. The average molecular weight is 547 g/mol. The van der Waals surface area contributed by atoms with Gasteiger partial charge in [-0.3, -0.25) is 14.5 Å². The predicted molar refractivity (Wildman–Crippen MR) is 155 cm³/mol. The first kappa shape index (κ1) is 28.2. The van der Waals surface area contributed by atoms with Gasteiger partial charge in [-0.1, -0.05) is 18.2 Å². The lowest BCUT2D eigenvalue weighted by molar-refractivity contribution is -0.139. The number of amides is 1. The maximum atomic E-state index is 12.7. The third-order valence-corrected chi connectivity index (χ3v) is 6.93. The fourth-order valence-electron chi connectivity index (χ4n) is 4.90. The van der Waals surface area contributed by atoms with Crippen LogP contribution >= 0.6 is 13.5 Å². The minimum absolute atomic E-state index is 0. The van der Waals surface area contributed by atoms with Gasteiger partial charge < -0.3 is 15.2 Å². The zero-order chi connectivity index (χ0) is 26.5. The molecule has 204 valence electrons. The number of aryl methyl sites for hydroxylation is 4. The Morgan fingerprint density at radius 3 is 2.67 bits per heavy atom. The summed E-state index contributed by atoms with van der Waals surface area (Å²) in [7, 11) is 1.81. The summed E-state index contributed by atoms with van der Waals surface area (Å²) in [4.78, 5) is 29.4. The quantitative estimate of drug-likeness (QED) is 0.286. The molecule has 0 radical (unpaired) electrons. The Kier molecular flexibility index (Phi) is 9.24. The summed E-state index contributed by atoms with van der Waals surface area (Å²) in [6.07, 6.45) is 8.43. The molecule has 1 aliphatic rings. The molecule has 0 bridgehead atoms. The summed E-state index contributed by atoms with van der Waals surface area (Å²) >= 11 is 0. The van der Waals surface area contributed by atoms with Crippen LogP contribution in [0.4, 0.5) is 0 Å². The van der Waals surface area contributed by atoms with Crippen molar-refractivity contribution in [2.24, 2.45) is 7.05 Å². The van der Waals surface area contributed by atoms with Crippen LogP contribution in [0.5, 0.6) is 5.75 Å². The maximum absolute atomic E-state index is 12.7. The minimum Gasteiger partial charge on any atom is -0.494 e. The molecule has 0 saturated carbocycles. The zero-order valence-electron chi connectivity index (χ0n) is 22.0. The lowest BCUT2D eigenvalue weighted by Crippen LogP contribution is -2.42. The molecular weight excluding hydrogens is 512 g/mol. The number of carbonyl (C=O) groups is 2. The van der Waals surface area contributed by atoms with Crippen molar-refractivity contribution in [3.8, 4) is 5.75 Å². The number of rotatable bonds is 10. The lowest BCUT2D eigenvalue weighted by atomic mass is 9.95. The fraction of sp³-hybridized carbons (Fsp3) is 0.333. The second-order valence-corrected chi connectivity index (χ2v) is 9.86. The molecule has 2 N–H and O–H groups in total. The van der Waals surface area contributed by atoms with Gasteiger partial charge in [-0.2, -0.15) is 18.6 Å². The van der Waals surface area contributed by atoms with Gasteiger partial charge in [-0.25, -0.2) is 4.79 Å². The second kappa shape index (κ2) is 12.8. The topological polar surface area (TPSA) is 106 Å². The molecule has 2 aromatic carbocycles. The van der Waals surface area contributed by atoms with E-state index in [1.54, 1.807) is 22.9 Å². The first-order valence-electron chi connectivity index (χ1n) is 13.1. The average Bonchev–Trinajstić information content (AvgIpc) is 3.30. The van der Waals surface area contributed by atoms with Gasteiger partial charge in [-0.15, -0.1) is 0 Å². The molecule has 0 fully saturated rings. The molecule has 2 aromatic heterocycles. The Morgan fingerprint density at radius 2 is 1.87 bits per heavy atom. The van der Waals surface area contributed by atoms with Gasteiger partial charge in [0.2, 0.25) is 0 Å². The molecule has 4 aromatic rings. The summed E-state index contributed by atoms with van der Waals surface area (Å²) in [6, 6.07) is 15.8. The number of aliphatic carboxylic acids is 1. The van der Waals surface area contributed by atoms with E-state index in [-0.39, 0.29) is 19.9 Å². The maximum Gasteiger partial charge on any atom is 0.326 e. The molecule has 8 nitrogen and oxygen atoms in total. The lowest BCUT2D eigenvalue weighted by Gasteiger charge is -2.16. The van der Waals surface area contributed by atoms with Crippen LogP contribution in [0.1, 0.15) is 52.1 Å². The Labute approximate surface area is 234 Å². The van der Waals surface area contributed by atoms with Gasteiger partial charge in [0.15, 0.2) is 0 Å². The van der Waals surface area contributed by atoms with Crippen LogP contribution < -0.4 is 10.1 Å². The highest BCUT2D eigenvalue weighted by Gasteiger charge is 2.21. The van der Waals surface area contributed by atoms with Crippen LogP contribution in [-0.4, -0.2) is 44.4 Å². The number of hydrogen-bond donors (Lipinski definition) is 2. The number of carboxylic acid groups (broad SMARTS) is 1. The van der Waals surface area contributed by atoms with E-state index in [1.807, 2.05) is 37.5 Å². The highest BCUT2D eigenvalue weighted by molar-refractivity contribution is 7.59. The van der Waals surface area contributed by atoms with Crippen LogP contribution in [-0.2, 0) is 37.5 Å². The number of benzene rings is 2. The first-order chi connectivity index (χ1) is 18.4. The Bertz CT molecular complexity index is 1450. The first-order valence-corrected chi connectivity index (χ1v) is 13.1. The number of nitrogens with one attached hydrogen (secondary N) is 1. The standard InChI is InChI=1S/C30H32N4O4.H2S/c1-34-19-23-18-22(11-15-27(23)33-34)29(35)32-28(30(36)37)17-20-8-13-25(14-9-20)38-16-4-6-24-12-10-21-5-2-3-7-26(21)31-24;/h8-15,18-19,28H,2-7,16-17H2,1H3,(H,32,35)(H,36,37);1H2/t28-;/m0./s1. The highest BCUT2D eigenvalue weighted by atomic mass is 32.1. The van der Waals surface area contributed by atoms with Crippen molar-refractivity contribution in [2.45, 2.75) is 51.0 Å². The van der Waals surface area contributed by atoms with Crippen molar-refractivity contribution in [1.29, 1.82) is 0 Å². The Morgan fingerprint density at radius 1 is 1.08 bits per heavy atom. The van der Waals surface area contributed by atoms with E-state index in [2.05, 4.69) is 22.5 Å². The second-order valence-electron chi connectivity index (χ2n) is 9.86. The van der Waals surface area contributed by atoms with E-state index in [1.165, 1.54) is 24.1 Å². The summed E-state index contributed by atoms with van der Waals surface area (Å²) in [5.41, 5.74) is 5.74. The zero-order valence-corrected chi connectivity index (χ0v) is 23.0. The van der Waals surface area contributed by atoms with Gasteiger partial charge in [0.05, 0.1) is 12.1 Å². The molecular formula is C30H34N4O4S. The molecule has 0 unspecified atom stereocenters. The van der Waals surface area contributed by atoms with Gasteiger partial charge in [0.1, 0.15) is 11.8 Å². The highest BCUT2D eigenvalue weighted by Crippen LogP contribution is 2.20. The number of nitrogens with zero attached hydrogens (tertiary/aromatic N) is 3. The van der Waals surface area contributed by atoms with Crippen molar-refractivity contribution < 1.29 is 19.4 Å². The number of pyridine rings is 1. The van der Waals surface area contributed by atoms with Crippen LogP contribution in [0.3, 0.4) is 0 Å². The van der Waals surface area contributed by atoms with Crippen molar-refractivity contribution in [3.63, 3.8) is 0 Å². The number of hydrogen-bond acceptors (Lipinski definition) is 5. The smallest absolute Gasteiger partial charge is 0.326 e. The van der Waals surface area contributed by atoms with E-state index in [4.69, 9.17) is 9.72 Å². The van der Waals surface area contributed by atoms with E-state index in [0.29, 0.717) is 12.2 Å².